The third-order valence-corrected chi connectivity index (χ3v) is 3.81. The molecule has 0 aliphatic heterocycles. The smallest absolute Gasteiger partial charge is 0.306 e. The minimum Gasteiger partial charge on any atom is -0.481 e. The number of nitrogens with zero attached hydrogens (tertiary/aromatic N) is 1. The summed E-state index contributed by atoms with van der Waals surface area (Å²) in [4.78, 5) is 15.2. The molecule has 3 nitrogen and oxygen atoms in total. The first-order valence-corrected chi connectivity index (χ1v) is 6.60. The molecule has 4 heteroatoms. The molecule has 1 aliphatic carbocycles. The van der Waals surface area contributed by atoms with Gasteiger partial charge in [0.15, 0.2) is 0 Å². The van der Waals surface area contributed by atoms with E-state index < -0.39 is 5.97 Å². The van der Waals surface area contributed by atoms with Crippen LogP contribution in [-0.2, 0) is 17.6 Å². The Bertz CT molecular complexity index is 386. The molecule has 2 unspecified atom stereocenters. The maximum Gasteiger partial charge on any atom is 0.306 e. The van der Waals surface area contributed by atoms with Gasteiger partial charge in [-0.15, -0.1) is 11.3 Å². The summed E-state index contributed by atoms with van der Waals surface area (Å²) in [5.74, 6) is 0.194. The van der Waals surface area contributed by atoms with Crippen molar-refractivity contribution in [2.45, 2.75) is 33.1 Å². The third-order valence-electron chi connectivity index (χ3n) is 2.89. The molecular weight excluding hydrogens is 222 g/mol. The molecule has 0 spiro atoms. The van der Waals surface area contributed by atoms with Crippen LogP contribution >= 0.6 is 11.3 Å². The van der Waals surface area contributed by atoms with E-state index >= 15 is 0 Å². The second kappa shape index (κ2) is 4.53. The van der Waals surface area contributed by atoms with Crippen LogP contribution in [0.1, 0.15) is 31.0 Å². The Labute approximate surface area is 99.5 Å². The van der Waals surface area contributed by atoms with Crippen LogP contribution in [0.4, 0.5) is 0 Å². The number of hydrogen-bond acceptors (Lipinski definition) is 3. The van der Waals surface area contributed by atoms with Crippen LogP contribution in [0.3, 0.4) is 0 Å². The molecule has 1 aromatic rings. The monoisotopic (exact) mass is 239 g/mol. The van der Waals surface area contributed by atoms with Crippen LogP contribution in [0, 0.1) is 17.8 Å². The number of thiazole rings is 1. The average molecular weight is 239 g/mol. The minimum absolute atomic E-state index is 0.113. The summed E-state index contributed by atoms with van der Waals surface area (Å²) >= 11 is 1.67. The molecule has 2 atom stereocenters. The van der Waals surface area contributed by atoms with E-state index in [1.165, 1.54) is 0 Å². The van der Waals surface area contributed by atoms with Crippen molar-refractivity contribution in [2.75, 3.05) is 0 Å². The van der Waals surface area contributed by atoms with E-state index in [1.54, 1.807) is 11.3 Å². The predicted molar refractivity (Wildman–Crippen MR) is 63.6 cm³/mol. The Hall–Kier alpha value is -0.900. The van der Waals surface area contributed by atoms with E-state index in [9.17, 15) is 4.79 Å². The largest absolute Gasteiger partial charge is 0.481 e. The van der Waals surface area contributed by atoms with Crippen molar-refractivity contribution in [1.82, 2.24) is 4.98 Å². The molecule has 1 saturated carbocycles. The summed E-state index contributed by atoms with van der Waals surface area (Å²) < 4.78 is 0. The van der Waals surface area contributed by atoms with Crippen LogP contribution < -0.4 is 0 Å². The minimum atomic E-state index is -0.649. The molecule has 1 aliphatic rings. The van der Waals surface area contributed by atoms with Gasteiger partial charge >= 0.3 is 5.97 Å². The van der Waals surface area contributed by atoms with Gasteiger partial charge in [-0.25, -0.2) is 4.98 Å². The lowest BCUT2D eigenvalue weighted by Gasteiger charge is -1.99. The van der Waals surface area contributed by atoms with E-state index in [2.05, 4.69) is 24.2 Å². The summed E-state index contributed by atoms with van der Waals surface area (Å²) in [6, 6.07) is 0. The average Bonchev–Trinajstić information content (AvgIpc) is 2.80. The van der Waals surface area contributed by atoms with Gasteiger partial charge in [0.05, 0.1) is 16.6 Å². The Balaban J connectivity index is 1.87. The molecule has 1 fully saturated rings. The highest BCUT2D eigenvalue weighted by atomic mass is 32.1. The lowest BCUT2D eigenvalue weighted by Crippen LogP contribution is -2.01. The van der Waals surface area contributed by atoms with Gasteiger partial charge < -0.3 is 5.11 Å². The first-order valence-electron chi connectivity index (χ1n) is 5.72. The second-order valence-electron chi connectivity index (χ2n) is 4.98. The normalized spacial score (nSPS) is 23.7. The van der Waals surface area contributed by atoms with Crippen LogP contribution in [0.25, 0.3) is 0 Å². The molecule has 0 aromatic carbocycles. The molecule has 88 valence electrons. The van der Waals surface area contributed by atoms with E-state index in [1.807, 2.05) is 0 Å². The maximum atomic E-state index is 10.7. The van der Waals surface area contributed by atoms with Crippen molar-refractivity contribution in [3.05, 3.63) is 16.1 Å². The summed E-state index contributed by atoms with van der Waals surface area (Å²) in [7, 11) is 0. The number of hydrogen-bond donors (Lipinski definition) is 1. The van der Waals surface area contributed by atoms with E-state index in [0.29, 0.717) is 11.8 Å². The third kappa shape index (κ3) is 2.82. The number of carbonyl (C=O) groups is 1. The van der Waals surface area contributed by atoms with Crippen molar-refractivity contribution in [2.24, 2.45) is 17.8 Å². The van der Waals surface area contributed by atoms with Gasteiger partial charge in [0.2, 0.25) is 0 Å². The molecule has 0 saturated heterocycles. The molecular formula is C12H17NO2S. The van der Waals surface area contributed by atoms with Crippen molar-refractivity contribution in [3.8, 4) is 0 Å². The van der Waals surface area contributed by atoms with Crippen molar-refractivity contribution in [3.63, 3.8) is 0 Å². The first-order chi connectivity index (χ1) is 7.56. The highest BCUT2D eigenvalue weighted by Gasteiger charge is 2.43. The van der Waals surface area contributed by atoms with Crippen LogP contribution in [-0.4, -0.2) is 16.1 Å². The number of carboxylic acids is 1. The van der Waals surface area contributed by atoms with Gasteiger partial charge in [-0.2, -0.15) is 0 Å². The summed E-state index contributed by atoms with van der Waals surface area (Å²) in [6.45, 7) is 4.36. The van der Waals surface area contributed by atoms with Crippen molar-refractivity contribution >= 4 is 17.3 Å². The van der Waals surface area contributed by atoms with Crippen LogP contribution in [0.2, 0.25) is 0 Å². The van der Waals surface area contributed by atoms with E-state index in [-0.39, 0.29) is 5.92 Å². The van der Waals surface area contributed by atoms with Crippen LogP contribution in [0.15, 0.2) is 5.38 Å². The van der Waals surface area contributed by atoms with Crippen molar-refractivity contribution in [1.29, 1.82) is 0 Å². The SMILES string of the molecule is CC(C)Cc1csc(CC2CC2C(=O)O)n1. The second-order valence-corrected chi connectivity index (χ2v) is 5.92. The predicted octanol–water partition coefficient (Wildman–Crippen LogP) is 2.60. The number of carboxylic acid groups (broad SMARTS) is 1. The van der Waals surface area contributed by atoms with Gasteiger partial charge in [-0.1, -0.05) is 13.8 Å². The lowest BCUT2D eigenvalue weighted by atomic mass is 10.1. The standard InChI is InChI=1S/C12H17NO2S/c1-7(2)3-9-6-16-11(13-9)5-8-4-10(8)12(14)15/h6-8,10H,3-5H2,1-2H3,(H,14,15). The fourth-order valence-electron chi connectivity index (χ4n) is 1.95. The van der Waals surface area contributed by atoms with Gasteiger partial charge in [0.25, 0.3) is 0 Å². The first kappa shape index (κ1) is 11.6. The van der Waals surface area contributed by atoms with Crippen LogP contribution in [0.5, 0.6) is 0 Å². The van der Waals surface area contributed by atoms with Crippen molar-refractivity contribution < 1.29 is 9.90 Å². The number of aromatic nitrogens is 1. The topological polar surface area (TPSA) is 50.2 Å². The van der Waals surface area contributed by atoms with Gasteiger partial charge in [0, 0.05) is 11.8 Å². The Kier molecular flexibility index (Phi) is 3.28. The fourth-order valence-corrected chi connectivity index (χ4v) is 2.86. The molecule has 0 radical (unpaired) electrons. The Morgan fingerprint density at radius 3 is 3.00 bits per heavy atom. The highest BCUT2D eigenvalue weighted by Crippen LogP contribution is 2.41. The molecule has 1 heterocycles. The van der Waals surface area contributed by atoms with E-state index in [4.69, 9.17) is 5.11 Å². The summed E-state index contributed by atoms with van der Waals surface area (Å²) in [5.41, 5.74) is 1.16. The molecule has 0 amide bonds. The molecule has 1 N–H and O–H groups in total. The zero-order valence-electron chi connectivity index (χ0n) is 9.64. The quantitative estimate of drug-likeness (QED) is 0.859. The molecule has 0 bridgehead atoms. The zero-order chi connectivity index (χ0) is 11.7. The zero-order valence-corrected chi connectivity index (χ0v) is 10.5. The van der Waals surface area contributed by atoms with Gasteiger partial charge in [0.1, 0.15) is 0 Å². The molecule has 1 aromatic heterocycles. The summed E-state index contributed by atoms with van der Waals surface area (Å²) in [6.07, 6.45) is 2.69. The Morgan fingerprint density at radius 1 is 1.69 bits per heavy atom. The molecule has 2 rings (SSSR count). The molecule has 16 heavy (non-hydrogen) atoms. The van der Waals surface area contributed by atoms with Gasteiger partial charge in [-0.05, 0) is 24.7 Å². The highest BCUT2D eigenvalue weighted by molar-refractivity contribution is 7.09. The Morgan fingerprint density at radius 2 is 2.44 bits per heavy atom. The summed E-state index contributed by atoms with van der Waals surface area (Å²) in [5, 5.41) is 12.0. The lowest BCUT2D eigenvalue weighted by molar-refractivity contribution is -0.138. The van der Waals surface area contributed by atoms with E-state index in [0.717, 1.165) is 30.0 Å². The van der Waals surface area contributed by atoms with Gasteiger partial charge in [-0.3, -0.25) is 4.79 Å². The number of aliphatic carboxylic acids is 1. The number of rotatable bonds is 5. The fraction of sp³-hybridized carbons (Fsp3) is 0.667. The maximum absolute atomic E-state index is 10.7.